The van der Waals surface area contributed by atoms with E-state index in [1.54, 1.807) is 38.1 Å². The summed E-state index contributed by atoms with van der Waals surface area (Å²) in [5, 5.41) is 9.56. The topological polar surface area (TPSA) is 79.6 Å². The molecule has 2 aliphatic rings. The lowest BCUT2D eigenvalue weighted by Gasteiger charge is -2.35. The highest BCUT2D eigenvalue weighted by Crippen LogP contribution is 2.45. The number of nitriles is 1. The van der Waals surface area contributed by atoms with Crippen LogP contribution in [0.2, 0.25) is 0 Å². The molecule has 1 unspecified atom stereocenters. The fourth-order valence-corrected chi connectivity index (χ4v) is 3.75. The van der Waals surface area contributed by atoms with Crippen molar-refractivity contribution in [2.45, 2.75) is 39.7 Å². The number of esters is 2. The first-order valence-corrected chi connectivity index (χ1v) is 8.99. The minimum Gasteiger partial charge on any atom is -0.460 e. The quantitative estimate of drug-likeness (QED) is 0.762. The maximum Gasteiger partial charge on any atom is 0.337 e. The van der Waals surface area contributed by atoms with Crippen LogP contribution in [0.1, 0.15) is 44.7 Å². The van der Waals surface area contributed by atoms with Gasteiger partial charge < -0.3 is 14.4 Å². The summed E-state index contributed by atoms with van der Waals surface area (Å²) in [5.74, 6) is -1.62. The van der Waals surface area contributed by atoms with Gasteiger partial charge in [0.25, 0.3) is 0 Å². The van der Waals surface area contributed by atoms with Gasteiger partial charge in [-0.05, 0) is 39.3 Å². The van der Waals surface area contributed by atoms with Gasteiger partial charge in [0, 0.05) is 12.2 Å². The summed E-state index contributed by atoms with van der Waals surface area (Å²) in [7, 11) is 0. The molecule has 0 spiro atoms. The number of carbonyl (C=O) groups excluding carboxylic acids is 2. The van der Waals surface area contributed by atoms with Crippen molar-refractivity contribution in [2.24, 2.45) is 0 Å². The summed E-state index contributed by atoms with van der Waals surface area (Å²) in [5.41, 5.74) is 3.29. The van der Waals surface area contributed by atoms with Crippen molar-refractivity contribution in [3.05, 3.63) is 57.9 Å². The summed E-state index contributed by atoms with van der Waals surface area (Å²) < 4.78 is 10.8. The van der Waals surface area contributed by atoms with Crippen LogP contribution < -0.4 is 0 Å². The number of nitrogens with zero attached hydrogens (tertiary/aromatic N) is 2. The standard InChI is InChI=1S/C21H22N2O4/c1-5-23-13(4)17(21(25)27-12(2)3)18(19-16(23)11-26-20(19)24)15-9-7-6-8-14(15)10-22/h6-9,12,18H,5,11H2,1-4H3. The average Bonchev–Trinajstić information content (AvgIpc) is 3.01. The van der Waals surface area contributed by atoms with Crippen LogP contribution >= 0.6 is 0 Å². The molecule has 0 radical (unpaired) electrons. The van der Waals surface area contributed by atoms with Gasteiger partial charge in [0.05, 0.1) is 40.5 Å². The smallest absolute Gasteiger partial charge is 0.337 e. The summed E-state index contributed by atoms with van der Waals surface area (Å²) in [6.45, 7) is 8.10. The molecular formula is C21H22N2O4. The molecule has 2 heterocycles. The Hall–Kier alpha value is -3.07. The maximum absolute atomic E-state index is 13.0. The molecular weight excluding hydrogens is 344 g/mol. The second kappa shape index (κ2) is 7.28. The Morgan fingerprint density at radius 1 is 1.41 bits per heavy atom. The number of hydrogen-bond acceptors (Lipinski definition) is 6. The molecule has 0 fully saturated rings. The number of benzene rings is 1. The lowest BCUT2D eigenvalue weighted by atomic mass is 9.78. The molecule has 6 heteroatoms. The van der Waals surface area contributed by atoms with Crippen LogP contribution in [0.25, 0.3) is 0 Å². The molecule has 1 aromatic carbocycles. The van der Waals surface area contributed by atoms with Gasteiger partial charge in [0.15, 0.2) is 0 Å². The molecule has 0 bridgehead atoms. The third-order valence-electron chi connectivity index (χ3n) is 4.84. The van der Waals surface area contributed by atoms with E-state index in [0.29, 0.717) is 28.8 Å². The van der Waals surface area contributed by atoms with Crippen LogP contribution in [0, 0.1) is 11.3 Å². The third-order valence-corrected chi connectivity index (χ3v) is 4.84. The highest BCUT2D eigenvalue weighted by Gasteiger charge is 2.45. The minimum absolute atomic E-state index is 0.164. The van der Waals surface area contributed by atoms with Crippen molar-refractivity contribution < 1.29 is 19.1 Å². The highest BCUT2D eigenvalue weighted by atomic mass is 16.5. The molecule has 3 rings (SSSR count). The summed E-state index contributed by atoms with van der Waals surface area (Å²) in [4.78, 5) is 27.5. The van der Waals surface area contributed by atoms with Gasteiger partial charge in [-0.2, -0.15) is 5.26 Å². The van der Waals surface area contributed by atoms with Crippen LogP contribution in [0.5, 0.6) is 0 Å². The molecule has 2 aliphatic heterocycles. The van der Waals surface area contributed by atoms with Crippen LogP contribution in [0.15, 0.2) is 46.8 Å². The average molecular weight is 366 g/mol. The van der Waals surface area contributed by atoms with Crippen molar-refractivity contribution in [2.75, 3.05) is 13.2 Å². The summed E-state index contributed by atoms with van der Waals surface area (Å²) in [6, 6.07) is 9.18. The SMILES string of the molecule is CCN1C(C)=C(C(=O)OC(C)C)C(c2ccccc2C#N)C2=C1COC2=O. The molecule has 6 nitrogen and oxygen atoms in total. The van der Waals surface area contributed by atoms with Crippen molar-refractivity contribution in [1.82, 2.24) is 4.90 Å². The largest absolute Gasteiger partial charge is 0.460 e. The first-order chi connectivity index (χ1) is 12.9. The molecule has 0 aliphatic carbocycles. The lowest BCUT2D eigenvalue weighted by molar-refractivity contribution is -0.143. The van der Waals surface area contributed by atoms with Crippen molar-refractivity contribution >= 4 is 11.9 Å². The van der Waals surface area contributed by atoms with Gasteiger partial charge in [-0.25, -0.2) is 9.59 Å². The fraction of sp³-hybridized carbons (Fsp3) is 0.381. The van der Waals surface area contributed by atoms with Crippen LogP contribution in [0.4, 0.5) is 0 Å². The Bertz CT molecular complexity index is 905. The zero-order valence-corrected chi connectivity index (χ0v) is 15.9. The second-order valence-electron chi connectivity index (χ2n) is 6.77. The fourth-order valence-electron chi connectivity index (χ4n) is 3.75. The van der Waals surface area contributed by atoms with E-state index in [-0.39, 0.29) is 12.7 Å². The number of likely N-dealkylation sites (N-methyl/N-ethyl adjacent to an activating group) is 1. The van der Waals surface area contributed by atoms with Gasteiger partial charge >= 0.3 is 11.9 Å². The van der Waals surface area contributed by atoms with Gasteiger partial charge in [0.2, 0.25) is 0 Å². The van der Waals surface area contributed by atoms with Crippen LogP contribution in [0.3, 0.4) is 0 Å². The van der Waals surface area contributed by atoms with Gasteiger partial charge in [-0.15, -0.1) is 0 Å². The molecule has 1 atom stereocenters. The van der Waals surface area contributed by atoms with E-state index in [9.17, 15) is 14.9 Å². The van der Waals surface area contributed by atoms with Gasteiger partial charge in [-0.1, -0.05) is 18.2 Å². The normalized spacial score (nSPS) is 19.2. The highest BCUT2D eigenvalue weighted by molar-refractivity contribution is 6.01. The van der Waals surface area contributed by atoms with Crippen molar-refractivity contribution in [1.29, 1.82) is 5.26 Å². The van der Waals surface area contributed by atoms with E-state index in [4.69, 9.17) is 9.47 Å². The van der Waals surface area contributed by atoms with Crippen molar-refractivity contribution in [3.63, 3.8) is 0 Å². The lowest BCUT2D eigenvalue weighted by Crippen LogP contribution is -2.34. The predicted octanol–water partition coefficient (Wildman–Crippen LogP) is 3.01. The molecule has 0 amide bonds. The summed E-state index contributed by atoms with van der Waals surface area (Å²) in [6.07, 6.45) is -0.300. The van der Waals surface area contributed by atoms with Crippen LogP contribution in [-0.4, -0.2) is 36.1 Å². The Kier molecular flexibility index (Phi) is 5.04. The third kappa shape index (κ3) is 3.10. The zero-order chi connectivity index (χ0) is 19.7. The molecule has 0 saturated carbocycles. The first kappa shape index (κ1) is 18.7. The Morgan fingerprint density at radius 2 is 2.11 bits per heavy atom. The molecule has 0 saturated heterocycles. The molecule has 0 N–H and O–H groups in total. The Labute approximate surface area is 158 Å². The van der Waals surface area contributed by atoms with Gasteiger partial charge in [-0.3, -0.25) is 0 Å². The zero-order valence-electron chi connectivity index (χ0n) is 15.9. The van der Waals surface area contributed by atoms with E-state index >= 15 is 0 Å². The first-order valence-electron chi connectivity index (χ1n) is 8.99. The van der Waals surface area contributed by atoms with E-state index in [1.807, 2.05) is 18.7 Å². The number of ether oxygens (including phenoxy) is 2. The predicted molar refractivity (Wildman–Crippen MR) is 98.2 cm³/mol. The number of allylic oxidation sites excluding steroid dienone is 1. The monoisotopic (exact) mass is 366 g/mol. The van der Waals surface area contributed by atoms with E-state index in [0.717, 1.165) is 11.4 Å². The van der Waals surface area contributed by atoms with Crippen LogP contribution in [-0.2, 0) is 19.1 Å². The Balaban J connectivity index is 2.27. The Morgan fingerprint density at radius 3 is 2.74 bits per heavy atom. The number of rotatable bonds is 4. The molecule has 27 heavy (non-hydrogen) atoms. The van der Waals surface area contributed by atoms with E-state index < -0.39 is 17.9 Å². The summed E-state index contributed by atoms with van der Waals surface area (Å²) >= 11 is 0. The van der Waals surface area contributed by atoms with Gasteiger partial charge in [0.1, 0.15) is 6.61 Å². The van der Waals surface area contributed by atoms with Crippen molar-refractivity contribution in [3.8, 4) is 6.07 Å². The maximum atomic E-state index is 13.0. The second-order valence-corrected chi connectivity index (χ2v) is 6.77. The minimum atomic E-state index is -0.681. The number of carbonyl (C=O) groups is 2. The molecule has 0 aromatic heterocycles. The van der Waals surface area contributed by atoms with E-state index in [1.165, 1.54) is 0 Å². The number of cyclic esters (lactones) is 1. The molecule has 140 valence electrons. The molecule has 1 aromatic rings. The van der Waals surface area contributed by atoms with E-state index in [2.05, 4.69) is 6.07 Å². The number of hydrogen-bond donors (Lipinski definition) is 0.